The predicted octanol–water partition coefficient (Wildman–Crippen LogP) is 10.4. The molecule has 3 N–H and O–H groups in total. The van der Waals surface area contributed by atoms with Crippen LogP contribution in [0.3, 0.4) is 0 Å². The Morgan fingerprint density at radius 3 is 1.70 bits per heavy atom. The van der Waals surface area contributed by atoms with Crippen molar-refractivity contribution < 1.29 is 37.9 Å². The van der Waals surface area contributed by atoms with E-state index in [1.165, 1.54) is 70.6 Å². The van der Waals surface area contributed by atoms with E-state index in [0.717, 1.165) is 64.2 Å². The van der Waals surface area contributed by atoms with Gasteiger partial charge in [-0.25, -0.2) is 4.57 Å². The van der Waals surface area contributed by atoms with Crippen molar-refractivity contribution in [3.8, 4) is 0 Å². The zero-order valence-corrected chi connectivity index (χ0v) is 32.5. The van der Waals surface area contributed by atoms with Gasteiger partial charge in [-0.15, -0.1) is 0 Å². The van der Waals surface area contributed by atoms with Gasteiger partial charge in [0.1, 0.15) is 12.7 Å². The molecular formula is C40H72NO8P. The van der Waals surface area contributed by atoms with E-state index in [1.807, 2.05) is 0 Å². The van der Waals surface area contributed by atoms with Crippen LogP contribution in [0.1, 0.15) is 162 Å². The Kier molecular flexibility index (Phi) is 35.3. The number of unbranched alkanes of at least 4 members (excludes halogenated alkanes) is 15. The number of aliphatic hydroxyl groups is 1. The SMILES string of the molecule is CC/C=C\C/C=C\C/C=C\C/C=C\CCCCC(=O)NCCOP(=O)(O)OCC(O)COC(=O)CCCCCCCCCCCCCCCC. The van der Waals surface area contributed by atoms with Crippen molar-refractivity contribution in [3.63, 3.8) is 0 Å². The number of hydrogen-bond acceptors (Lipinski definition) is 7. The van der Waals surface area contributed by atoms with E-state index in [0.29, 0.717) is 6.42 Å². The van der Waals surface area contributed by atoms with Gasteiger partial charge in [0.15, 0.2) is 0 Å². The van der Waals surface area contributed by atoms with Crippen molar-refractivity contribution in [3.05, 3.63) is 48.6 Å². The van der Waals surface area contributed by atoms with Crippen LogP contribution in [0.4, 0.5) is 0 Å². The third-order valence-corrected chi connectivity index (χ3v) is 9.01. The monoisotopic (exact) mass is 725 g/mol. The minimum absolute atomic E-state index is 0.0586. The molecule has 2 unspecified atom stereocenters. The molecule has 0 spiro atoms. The van der Waals surface area contributed by atoms with Crippen LogP contribution in [0.15, 0.2) is 48.6 Å². The van der Waals surface area contributed by atoms with Crippen molar-refractivity contribution in [2.24, 2.45) is 0 Å². The highest BCUT2D eigenvalue weighted by atomic mass is 31.2. The zero-order chi connectivity index (χ0) is 36.8. The molecule has 0 aliphatic rings. The molecule has 0 heterocycles. The number of esters is 1. The highest BCUT2D eigenvalue weighted by Crippen LogP contribution is 2.42. The van der Waals surface area contributed by atoms with Crippen LogP contribution < -0.4 is 5.32 Å². The Morgan fingerprint density at radius 1 is 0.640 bits per heavy atom. The average molecular weight is 726 g/mol. The van der Waals surface area contributed by atoms with Gasteiger partial charge in [-0.3, -0.25) is 18.6 Å². The van der Waals surface area contributed by atoms with Crippen molar-refractivity contribution in [1.82, 2.24) is 5.32 Å². The summed E-state index contributed by atoms with van der Waals surface area (Å²) >= 11 is 0. The van der Waals surface area contributed by atoms with Gasteiger partial charge in [-0.1, -0.05) is 146 Å². The van der Waals surface area contributed by atoms with Gasteiger partial charge in [0, 0.05) is 19.4 Å². The summed E-state index contributed by atoms with van der Waals surface area (Å²) in [4.78, 5) is 33.8. The molecule has 0 fully saturated rings. The maximum Gasteiger partial charge on any atom is 0.472 e. The van der Waals surface area contributed by atoms with Gasteiger partial charge in [-0.2, -0.15) is 0 Å². The van der Waals surface area contributed by atoms with Gasteiger partial charge in [0.25, 0.3) is 0 Å². The number of amides is 1. The van der Waals surface area contributed by atoms with Crippen LogP contribution in [0, 0.1) is 0 Å². The second-order valence-electron chi connectivity index (χ2n) is 12.9. The summed E-state index contributed by atoms with van der Waals surface area (Å²) in [5.41, 5.74) is 0. The molecule has 0 saturated heterocycles. The number of nitrogens with one attached hydrogen (secondary N) is 1. The lowest BCUT2D eigenvalue weighted by molar-refractivity contribution is -0.147. The van der Waals surface area contributed by atoms with Crippen LogP contribution in [0.25, 0.3) is 0 Å². The molecule has 0 rings (SSSR count). The van der Waals surface area contributed by atoms with Gasteiger partial charge in [-0.05, 0) is 51.4 Å². The third-order valence-electron chi connectivity index (χ3n) is 8.02. The fourth-order valence-electron chi connectivity index (χ4n) is 5.08. The largest absolute Gasteiger partial charge is 0.472 e. The third kappa shape index (κ3) is 37.2. The molecule has 0 bridgehead atoms. The minimum atomic E-state index is -4.42. The molecule has 0 aliphatic carbocycles. The number of rotatable bonds is 36. The van der Waals surface area contributed by atoms with E-state index in [1.54, 1.807) is 0 Å². The van der Waals surface area contributed by atoms with Crippen molar-refractivity contribution in [2.75, 3.05) is 26.4 Å². The molecule has 0 aromatic heterocycles. The Bertz CT molecular complexity index is 965. The fraction of sp³-hybridized carbons (Fsp3) is 0.750. The van der Waals surface area contributed by atoms with Gasteiger partial charge < -0.3 is 20.1 Å². The molecule has 0 radical (unpaired) electrons. The lowest BCUT2D eigenvalue weighted by atomic mass is 10.0. The van der Waals surface area contributed by atoms with Gasteiger partial charge in [0.05, 0.1) is 13.2 Å². The van der Waals surface area contributed by atoms with E-state index >= 15 is 0 Å². The van der Waals surface area contributed by atoms with E-state index in [-0.39, 0.29) is 32.1 Å². The average Bonchev–Trinajstić information content (AvgIpc) is 3.10. The lowest BCUT2D eigenvalue weighted by Crippen LogP contribution is -2.27. The molecule has 10 heteroatoms. The zero-order valence-electron chi connectivity index (χ0n) is 31.6. The molecule has 0 saturated carbocycles. The maximum atomic E-state index is 12.1. The van der Waals surface area contributed by atoms with E-state index < -0.39 is 26.5 Å². The number of phosphoric ester groups is 1. The maximum absolute atomic E-state index is 12.1. The summed E-state index contributed by atoms with van der Waals surface area (Å²) < 4.78 is 26.8. The Labute approximate surface area is 305 Å². The van der Waals surface area contributed by atoms with Crippen LogP contribution in [0.5, 0.6) is 0 Å². The molecular weight excluding hydrogens is 653 g/mol. The Balaban J connectivity index is 3.68. The first-order valence-electron chi connectivity index (χ1n) is 19.6. The number of allylic oxidation sites excluding steroid dienone is 8. The number of ether oxygens (including phenoxy) is 1. The van der Waals surface area contributed by atoms with E-state index in [4.69, 9.17) is 13.8 Å². The molecule has 9 nitrogen and oxygen atoms in total. The van der Waals surface area contributed by atoms with Crippen LogP contribution in [-0.2, 0) is 27.9 Å². The van der Waals surface area contributed by atoms with E-state index in [9.17, 15) is 24.2 Å². The second kappa shape index (κ2) is 36.8. The first-order chi connectivity index (χ1) is 24.3. The number of phosphoric acid groups is 1. The number of carbonyl (C=O) groups is 2. The summed E-state index contributed by atoms with van der Waals surface area (Å²) in [6.45, 7) is 3.37. The lowest BCUT2D eigenvalue weighted by Gasteiger charge is -2.15. The summed E-state index contributed by atoms with van der Waals surface area (Å²) in [5.74, 6) is -0.560. The quantitative estimate of drug-likeness (QED) is 0.0252. The minimum Gasteiger partial charge on any atom is -0.463 e. The van der Waals surface area contributed by atoms with Crippen LogP contribution >= 0.6 is 7.82 Å². The highest BCUT2D eigenvalue weighted by Gasteiger charge is 2.23. The Morgan fingerprint density at radius 2 is 1.14 bits per heavy atom. The summed E-state index contributed by atoms with van der Waals surface area (Å²) in [7, 11) is -4.42. The predicted molar refractivity (Wildman–Crippen MR) is 206 cm³/mol. The van der Waals surface area contributed by atoms with Crippen molar-refractivity contribution >= 4 is 19.7 Å². The number of carbonyl (C=O) groups excluding carboxylic acids is 2. The van der Waals surface area contributed by atoms with Crippen LogP contribution in [0.2, 0.25) is 0 Å². The highest BCUT2D eigenvalue weighted by molar-refractivity contribution is 7.47. The summed E-state index contributed by atoms with van der Waals surface area (Å²) in [6.07, 6.45) is 40.4. The first kappa shape index (κ1) is 48.0. The van der Waals surface area contributed by atoms with Gasteiger partial charge >= 0.3 is 13.8 Å². The number of hydrogen-bond donors (Lipinski definition) is 3. The smallest absolute Gasteiger partial charge is 0.463 e. The summed E-state index contributed by atoms with van der Waals surface area (Å²) in [5, 5.41) is 12.6. The standard InChI is InChI=1S/C40H72NO8P/c1-3-5-7-9-11-13-15-17-19-20-22-24-26-28-30-32-39(43)41-34-35-48-50(45,46)49-37-38(42)36-47-40(44)33-31-29-27-25-23-21-18-16-14-12-10-8-6-4-2/h5,7,11,13,17,19,22,24,38,42H,3-4,6,8-10,12,14-16,18,20-21,23,25-37H2,1-2H3,(H,41,43)(H,45,46)/b7-5-,13-11-,19-17-,24-22-. The van der Waals surface area contributed by atoms with E-state index in [2.05, 4.69) is 67.8 Å². The topological polar surface area (TPSA) is 131 Å². The first-order valence-corrected chi connectivity index (χ1v) is 21.1. The molecule has 2 atom stereocenters. The Hall–Kier alpha value is -2.03. The number of aliphatic hydroxyl groups excluding tert-OH is 1. The molecule has 0 aromatic carbocycles. The fourth-order valence-corrected chi connectivity index (χ4v) is 5.83. The molecule has 0 aliphatic heterocycles. The normalized spacial score (nSPS) is 13.9. The molecule has 50 heavy (non-hydrogen) atoms. The van der Waals surface area contributed by atoms with Crippen molar-refractivity contribution in [1.29, 1.82) is 0 Å². The summed E-state index contributed by atoms with van der Waals surface area (Å²) in [6, 6.07) is 0. The van der Waals surface area contributed by atoms with Crippen LogP contribution in [-0.4, -0.2) is 54.3 Å². The van der Waals surface area contributed by atoms with Crippen molar-refractivity contribution in [2.45, 2.75) is 168 Å². The van der Waals surface area contributed by atoms with Gasteiger partial charge in [0.2, 0.25) is 5.91 Å². The molecule has 290 valence electrons. The molecule has 1 amide bonds. The molecule has 0 aromatic rings. The second-order valence-corrected chi connectivity index (χ2v) is 14.3.